The second kappa shape index (κ2) is 12.0. The van der Waals surface area contributed by atoms with Crippen LogP contribution in [-0.4, -0.2) is 54.1 Å². The maximum absolute atomic E-state index is 14.3. The topological polar surface area (TPSA) is 98.1 Å². The number of rotatable bonds is 11. The zero-order chi connectivity index (χ0) is 29.0. The van der Waals surface area contributed by atoms with Crippen LogP contribution < -0.4 is 14.2 Å². The van der Waals surface area contributed by atoms with Crippen LogP contribution in [0.15, 0.2) is 48.5 Å². The van der Waals surface area contributed by atoms with Crippen LogP contribution in [0.3, 0.4) is 0 Å². The highest BCUT2D eigenvalue weighted by atomic mass is 19.4. The Morgan fingerprint density at radius 2 is 1.67 bits per heavy atom. The SMILES string of the molecule is COc1cc(C(=O)CC[C@@](O)(c2ccc(OC)c(-c3ccc(F)c(C)c3)n2)C(F)(F)F)ccc1OCC(C)O. The molecule has 1 aromatic heterocycles. The lowest BCUT2D eigenvalue weighted by Crippen LogP contribution is -2.43. The van der Waals surface area contributed by atoms with Gasteiger partial charge in [0.05, 0.1) is 26.0 Å². The standard InChI is InChI=1S/C28H29F4NO6/c1-16-13-19(5-7-20(16)29)26-23(37-3)9-10-25(33-26)27(36,28(30,31)32)12-11-21(35)18-6-8-22(24(14-18)38-4)39-15-17(2)34/h5-10,13-14,17,34,36H,11-12,15H2,1-4H3/t17?,27-/m1/s1. The van der Waals surface area contributed by atoms with E-state index >= 15 is 0 Å². The number of aromatic nitrogens is 1. The molecule has 0 fully saturated rings. The number of methoxy groups -OCH3 is 2. The fourth-order valence-corrected chi connectivity index (χ4v) is 3.86. The van der Waals surface area contributed by atoms with Crippen molar-refractivity contribution >= 4 is 5.78 Å². The number of alkyl halides is 3. The first-order valence-corrected chi connectivity index (χ1v) is 11.9. The first-order valence-electron chi connectivity index (χ1n) is 11.9. The lowest BCUT2D eigenvalue weighted by molar-refractivity contribution is -0.270. The predicted octanol–water partition coefficient (Wildman–Crippen LogP) is 5.39. The van der Waals surface area contributed by atoms with E-state index in [1.807, 2.05) is 0 Å². The maximum Gasteiger partial charge on any atom is 0.422 e. The zero-order valence-corrected chi connectivity index (χ0v) is 21.8. The second-order valence-electron chi connectivity index (χ2n) is 9.02. The predicted molar refractivity (Wildman–Crippen MR) is 135 cm³/mol. The van der Waals surface area contributed by atoms with Crippen LogP contribution in [0.4, 0.5) is 17.6 Å². The van der Waals surface area contributed by atoms with Crippen molar-refractivity contribution in [1.82, 2.24) is 4.98 Å². The Bertz CT molecular complexity index is 1330. The van der Waals surface area contributed by atoms with Crippen LogP contribution in [0.1, 0.15) is 41.4 Å². The molecule has 2 atom stereocenters. The van der Waals surface area contributed by atoms with Gasteiger partial charge in [0.15, 0.2) is 17.3 Å². The molecule has 0 aliphatic rings. The molecule has 1 unspecified atom stereocenters. The van der Waals surface area contributed by atoms with Crippen molar-refractivity contribution in [3.05, 3.63) is 71.2 Å². The van der Waals surface area contributed by atoms with Gasteiger partial charge in [0, 0.05) is 17.5 Å². The molecule has 0 saturated carbocycles. The van der Waals surface area contributed by atoms with E-state index in [-0.39, 0.29) is 46.2 Å². The van der Waals surface area contributed by atoms with Crippen molar-refractivity contribution in [2.75, 3.05) is 20.8 Å². The Morgan fingerprint density at radius 1 is 1.00 bits per heavy atom. The van der Waals surface area contributed by atoms with Gasteiger partial charge in [0.2, 0.25) is 5.60 Å². The molecule has 2 aromatic carbocycles. The molecule has 0 saturated heterocycles. The van der Waals surface area contributed by atoms with Crippen LogP contribution in [0.2, 0.25) is 0 Å². The van der Waals surface area contributed by atoms with Crippen LogP contribution >= 0.6 is 0 Å². The van der Waals surface area contributed by atoms with E-state index in [4.69, 9.17) is 14.2 Å². The molecule has 3 aromatic rings. The molecule has 0 bridgehead atoms. The lowest BCUT2D eigenvalue weighted by Gasteiger charge is -2.30. The molecule has 39 heavy (non-hydrogen) atoms. The largest absolute Gasteiger partial charge is 0.494 e. The Balaban J connectivity index is 1.93. The molecule has 0 radical (unpaired) electrons. The summed E-state index contributed by atoms with van der Waals surface area (Å²) in [5.41, 5.74) is -3.65. The van der Waals surface area contributed by atoms with Crippen LogP contribution in [0.25, 0.3) is 11.3 Å². The van der Waals surface area contributed by atoms with Gasteiger partial charge in [0.25, 0.3) is 0 Å². The van der Waals surface area contributed by atoms with Gasteiger partial charge in [0.1, 0.15) is 23.9 Å². The monoisotopic (exact) mass is 551 g/mol. The van der Waals surface area contributed by atoms with E-state index in [1.165, 1.54) is 64.5 Å². The van der Waals surface area contributed by atoms with Gasteiger partial charge in [-0.2, -0.15) is 13.2 Å². The van der Waals surface area contributed by atoms with Gasteiger partial charge in [-0.1, -0.05) is 0 Å². The molecule has 11 heteroatoms. The van der Waals surface area contributed by atoms with Crippen molar-refractivity contribution in [3.8, 4) is 28.5 Å². The number of hydrogen-bond donors (Lipinski definition) is 2. The fourth-order valence-electron chi connectivity index (χ4n) is 3.86. The van der Waals surface area contributed by atoms with Gasteiger partial charge < -0.3 is 24.4 Å². The van der Waals surface area contributed by atoms with Crippen LogP contribution in [0, 0.1) is 12.7 Å². The summed E-state index contributed by atoms with van der Waals surface area (Å²) in [6, 6.07) is 10.2. The molecule has 0 spiro atoms. The number of aryl methyl sites for hydroxylation is 1. The van der Waals surface area contributed by atoms with Crippen molar-refractivity contribution in [2.24, 2.45) is 0 Å². The van der Waals surface area contributed by atoms with E-state index in [0.717, 1.165) is 12.1 Å². The molecule has 7 nitrogen and oxygen atoms in total. The van der Waals surface area contributed by atoms with Gasteiger partial charge in [-0.15, -0.1) is 0 Å². The zero-order valence-electron chi connectivity index (χ0n) is 21.8. The fraction of sp³-hybridized carbons (Fsp3) is 0.357. The number of halogens is 4. The third kappa shape index (κ3) is 6.66. The molecular formula is C28H29F4NO6. The highest BCUT2D eigenvalue weighted by Crippen LogP contribution is 2.44. The van der Waals surface area contributed by atoms with Crippen molar-refractivity contribution in [3.63, 3.8) is 0 Å². The normalized spacial score (nSPS) is 13.9. The summed E-state index contributed by atoms with van der Waals surface area (Å²) >= 11 is 0. The molecule has 0 amide bonds. The number of nitrogens with zero attached hydrogens (tertiary/aromatic N) is 1. The van der Waals surface area contributed by atoms with Gasteiger partial charge in [-0.3, -0.25) is 4.79 Å². The third-order valence-corrected chi connectivity index (χ3v) is 6.08. The smallest absolute Gasteiger partial charge is 0.422 e. The van der Waals surface area contributed by atoms with Crippen molar-refractivity contribution in [1.29, 1.82) is 0 Å². The van der Waals surface area contributed by atoms with Crippen LogP contribution in [-0.2, 0) is 5.60 Å². The number of carbonyl (C=O) groups excluding carboxylic acids is 1. The number of Topliss-reactive ketones (excluding diaryl/α,β-unsaturated/α-hetero) is 1. The summed E-state index contributed by atoms with van der Waals surface area (Å²) in [4.78, 5) is 16.9. The van der Waals surface area contributed by atoms with E-state index in [1.54, 1.807) is 0 Å². The lowest BCUT2D eigenvalue weighted by atomic mass is 9.89. The van der Waals surface area contributed by atoms with E-state index in [9.17, 15) is 32.6 Å². The van der Waals surface area contributed by atoms with Crippen molar-refractivity contribution in [2.45, 2.75) is 44.6 Å². The van der Waals surface area contributed by atoms with Gasteiger partial charge >= 0.3 is 6.18 Å². The molecule has 1 heterocycles. The number of hydrogen-bond acceptors (Lipinski definition) is 7. The maximum atomic E-state index is 14.3. The number of benzene rings is 2. The minimum Gasteiger partial charge on any atom is -0.494 e. The Morgan fingerprint density at radius 3 is 2.26 bits per heavy atom. The highest BCUT2D eigenvalue weighted by Gasteiger charge is 2.56. The Kier molecular flexibility index (Phi) is 9.18. The number of aliphatic hydroxyl groups is 2. The third-order valence-electron chi connectivity index (χ3n) is 6.08. The van der Waals surface area contributed by atoms with Crippen molar-refractivity contribution < 1.29 is 46.8 Å². The minimum absolute atomic E-state index is 0.0235. The summed E-state index contributed by atoms with van der Waals surface area (Å²) in [6.45, 7) is 2.98. The molecule has 0 aliphatic heterocycles. The van der Waals surface area contributed by atoms with Crippen LogP contribution in [0.5, 0.6) is 17.2 Å². The molecule has 3 rings (SSSR count). The summed E-state index contributed by atoms with van der Waals surface area (Å²) < 4.78 is 72.4. The average Bonchev–Trinajstić information content (AvgIpc) is 2.90. The average molecular weight is 552 g/mol. The van der Waals surface area contributed by atoms with Gasteiger partial charge in [-0.05, 0) is 74.4 Å². The first-order chi connectivity index (χ1) is 18.3. The Labute approximate surface area is 223 Å². The quantitative estimate of drug-likeness (QED) is 0.244. The molecular weight excluding hydrogens is 522 g/mol. The van der Waals surface area contributed by atoms with Gasteiger partial charge in [-0.25, -0.2) is 9.37 Å². The number of aliphatic hydroxyl groups excluding tert-OH is 1. The molecule has 0 aliphatic carbocycles. The molecule has 210 valence electrons. The summed E-state index contributed by atoms with van der Waals surface area (Å²) in [7, 11) is 2.64. The van der Waals surface area contributed by atoms with E-state index < -0.39 is 48.0 Å². The summed E-state index contributed by atoms with van der Waals surface area (Å²) in [5, 5.41) is 20.3. The number of ketones is 1. The summed E-state index contributed by atoms with van der Waals surface area (Å²) in [5.74, 6) is -0.661. The second-order valence-corrected chi connectivity index (χ2v) is 9.02. The number of pyridine rings is 1. The highest BCUT2D eigenvalue weighted by molar-refractivity contribution is 5.96. The van der Waals surface area contributed by atoms with E-state index in [2.05, 4.69) is 4.98 Å². The number of ether oxygens (including phenoxy) is 3. The minimum atomic E-state index is -5.18. The summed E-state index contributed by atoms with van der Waals surface area (Å²) in [6.07, 6.45) is -7.62. The Hall–Kier alpha value is -3.70. The first kappa shape index (κ1) is 29.9. The molecule has 2 N–H and O–H groups in total. The number of carbonyl (C=O) groups is 1. The van der Waals surface area contributed by atoms with E-state index in [0.29, 0.717) is 0 Å².